The number of hydrogen-bond donors (Lipinski definition) is 2. The van der Waals surface area contributed by atoms with E-state index in [-0.39, 0.29) is 12.5 Å². The topological polar surface area (TPSA) is 58.6 Å². The van der Waals surface area contributed by atoms with Crippen LogP contribution in [0.3, 0.4) is 0 Å². The van der Waals surface area contributed by atoms with E-state index in [1.165, 1.54) is 6.07 Å². The van der Waals surface area contributed by atoms with E-state index in [4.69, 9.17) is 27.9 Å². The van der Waals surface area contributed by atoms with Gasteiger partial charge in [-0.25, -0.2) is 0 Å². The number of carbonyl (C=O) groups is 1. The summed E-state index contributed by atoms with van der Waals surface area (Å²) in [4.78, 5) is 12.2. The lowest BCUT2D eigenvalue weighted by atomic mass is 9.90. The zero-order valence-corrected chi connectivity index (χ0v) is 11.8. The number of hydrogen-bond acceptors (Lipinski definition) is 3. The summed E-state index contributed by atoms with van der Waals surface area (Å²) < 4.78 is 5.25. The minimum atomic E-state index is -0.638. The molecule has 0 bridgehead atoms. The van der Waals surface area contributed by atoms with Crippen molar-refractivity contribution in [3.8, 4) is 0 Å². The fraction of sp³-hybridized carbons (Fsp3) is 0.462. The molecular weight excluding hydrogens is 289 g/mol. The summed E-state index contributed by atoms with van der Waals surface area (Å²) in [5.74, 6) is -0.330. The summed E-state index contributed by atoms with van der Waals surface area (Å²) in [6, 6.07) is 4.72. The van der Waals surface area contributed by atoms with Gasteiger partial charge in [0, 0.05) is 18.2 Å². The molecule has 1 fully saturated rings. The molecule has 4 nitrogen and oxygen atoms in total. The van der Waals surface area contributed by atoms with Gasteiger partial charge in [-0.3, -0.25) is 4.79 Å². The van der Waals surface area contributed by atoms with Crippen LogP contribution in [0.5, 0.6) is 0 Å². The van der Waals surface area contributed by atoms with Gasteiger partial charge < -0.3 is 15.2 Å². The first-order valence-corrected chi connectivity index (χ1v) is 6.78. The van der Waals surface area contributed by atoms with E-state index in [0.29, 0.717) is 41.7 Å². The molecule has 1 aliphatic heterocycles. The minimum absolute atomic E-state index is 0.125. The number of aliphatic hydroxyl groups excluding tert-OH is 1. The van der Waals surface area contributed by atoms with Gasteiger partial charge in [-0.15, -0.1) is 0 Å². The number of aliphatic hydroxyl groups is 1. The molecule has 0 spiro atoms. The Labute approximate surface area is 121 Å². The molecule has 1 aromatic carbocycles. The van der Waals surface area contributed by atoms with Crippen LogP contribution < -0.4 is 5.32 Å². The van der Waals surface area contributed by atoms with Crippen molar-refractivity contribution in [2.24, 2.45) is 0 Å². The monoisotopic (exact) mass is 303 g/mol. The van der Waals surface area contributed by atoms with Gasteiger partial charge in [-0.2, -0.15) is 0 Å². The molecule has 0 unspecified atom stereocenters. The Bertz CT molecular complexity index is 473. The van der Waals surface area contributed by atoms with Crippen molar-refractivity contribution in [3.63, 3.8) is 0 Å². The van der Waals surface area contributed by atoms with E-state index in [9.17, 15) is 9.90 Å². The maximum absolute atomic E-state index is 12.2. The maximum Gasteiger partial charge on any atom is 0.253 e. The second-order valence-electron chi connectivity index (χ2n) is 4.63. The van der Waals surface area contributed by atoms with Crippen molar-refractivity contribution in [1.29, 1.82) is 0 Å². The first-order valence-electron chi connectivity index (χ1n) is 6.02. The Balaban J connectivity index is 2.17. The number of nitrogens with one attached hydrogen (secondary N) is 1. The smallest absolute Gasteiger partial charge is 0.253 e. The lowest BCUT2D eigenvalue weighted by Gasteiger charge is -2.36. The minimum Gasteiger partial charge on any atom is -0.394 e. The third kappa shape index (κ3) is 3.39. The van der Waals surface area contributed by atoms with Crippen LogP contribution in [0.15, 0.2) is 18.2 Å². The molecule has 0 aromatic heterocycles. The molecule has 104 valence electrons. The first kappa shape index (κ1) is 14.6. The molecule has 1 amide bonds. The maximum atomic E-state index is 12.2. The van der Waals surface area contributed by atoms with Gasteiger partial charge in [-0.1, -0.05) is 23.2 Å². The number of rotatable bonds is 3. The van der Waals surface area contributed by atoms with Gasteiger partial charge in [0.1, 0.15) is 0 Å². The van der Waals surface area contributed by atoms with E-state index in [0.717, 1.165) is 0 Å². The number of carbonyl (C=O) groups excluding carboxylic acids is 1. The molecule has 19 heavy (non-hydrogen) atoms. The molecule has 0 radical (unpaired) electrons. The summed E-state index contributed by atoms with van der Waals surface area (Å²) in [6.45, 7) is 0.911. The average Bonchev–Trinajstić information content (AvgIpc) is 2.42. The lowest BCUT2D eigenvalue weighted by Crippen LogP contribution is -2.54. The average molecular weight is 304 g/mol. The van der Waals surface area contributed by atoms with Gasteiger partial charge in [0.2, 0.25) is 0 Å². The van der Waals surface area contributed by atoms with E-state index in [1.54, 1.807) is 12.1 Å². The third-order valence-electron chi connectivity index (χ3n) is 3.30. The van der Waals surface area contributed by atoms with Crippen LogP contribution in [-0.2, 0) is 4.74 Å². The van der Waals surface area contributed by atoms with Crippen LogP contribution >= 0.6 is 23.2 Å². The highest BCUT2D eigenvalue weighted by molar-refractivity contribution is 6.35. The Morgan fingerprint density at radius 2 is 2.05 bits per heavy atom. The van der Waals surface area contributed by atoms with E-state index < -0.39 is 5.54 Å². The zero-order valence-electron chi connectivity index (χ0n) is 10.3. The van der Waals surface area contributed by atoms with Crippen molar-refractivity contribution < 1.29 is 14.6 Å². The summed E-state index contributed by atoms with van der Waals surface area (Å²) in [5.41, 5.74) is -0.325. The molecule has 1 saturated heterocycles. The molecule has 0 atom stereocenters. The predicted octanol–water partition coefficient (Wildman–Crippen LogP) is 2.26. The SMILES string of the molecule is O=C(NC1(CO)CCOCC1)c1cc(Cl)ccc1Cl. The third-order valence-corrected chi connectivity index (χ3v) is 3.87. The molecular formula is C13H15Cl2NO3. The van der Waals surface area contributed by atoms with E-state index in [2.05, 4.69) is 5.32 Å². The van der Waals surface area contributed by atoms with Crippen LogP contribution in [0.1, 0.15) is 23.2 Å². The quantitative estimate of drug-likeness (QED) is 0.900. The molecule has 2 rings (SSSR count). The summed E-state index contributed by atoms with van der Waals surface area (Å²) in [7, 11) is 0. The number of amides is 1. The van der Waals surface area contributed by atoms with Gasteiger partial charge in [-0.05, 0) is 31.0 Å². The highest BCUT2D eigenvalue weighted by Gasteiger charge is 2.34. The second-order valence-corrected chi connectivity index (χ2v) is 5.47. The van der Waals surface area contributed by atoms with Gasteiger partial charge in [0.05, 0.1) is 22.7 Å². The van der Waals surface area contributed by atoms with Crippen molar-refractivity contribution >= 4 is 29.1 Å². The highest BCUT2D eigenvalue weighted by atomic mass is 35.5. The lowest BCUT2D eigenvalue weighted by molar-refractivity contribution is 0.0125. The Morgan fingerprint density at radius 3 is 2.68 bits per heavy atom. The molecule has 1 heterocycles. The van der Waals surface area contributed by atoms with Gasteiger partial charge in [0.15, 0.2) is 0 Å². The van der Waals surface area contributed by atoms with Crippen molar-refractivity contribution in [2.45, 2.75) is 18.4 Å². The van der Waals surface area contributed by atoms with Crippen molar-refractivity contribution in [1.82, 2.24) is 5.32 Å². The fourth-order valence-corrected chi connectivity index (χ4v) is 2.44. The summed E-state index contributed by atoms with van der Waals surface area (Å²) in [5, 5.41) is 13.2. The van der Waals surface area contributed by atoms with Crippen LogP contribution in [-0.4, -0.2) is 36.4 Å². The van der Waals surface area contributed by atoms with Crippen LogP contribution in [0.4, 0.5) is 0 Å². The normalized spacial score (nSPS) is 18.1. The number of halogens is 2. The Hall–Kier alpha value is -0.810. The standard InChI is InChI=1S/C13H15Cl2NO3/c14-9-1-2-11(15)10(7-9)12(18)16-13(8-17)3-5-19-6-4-13/h1-2,7,17H,3-6,8H2,(H,16,18). The molecule has 2 N–H and O–H groups in total. The van der Waals surface area contributed by atoms with Gasteiger partial charge >= 0.3 is 0 Å². The van der Waals surface area contributed by atoms with Crippen molar-refractivity contribution in [3.05, 3.63) is 33.8 Å². The predicted molar refractivity (Wildman–Crippen MR) is 73.8 cm³/mol. The molecule has 0 aliphatic carbocycles. The van der Waals surface area contributed by atoms with Crippen molar-refractivity contribution in [2.75, 3.05) is 19.8 Å². The summed E-state index contributed by atoms with van der Waals surface area (Å²) in [6.07, 6.45) is 1.15. The Morgan fingerprint density at radius 1 is 1.37 bits per heavy atom. The first-order chi connectivity index (χ1) is 9.06. The van der Waals surface area contributed by atoms with Crippen LogP contribution in [0.25, 0.3) is 0 Å². The number of ether oxygens (including phenoxy) is 1. The zero-order chi connectivity index (χ0) is 13.9. The fourth-order valence-electron chi connectivity index (χ4n) is 2.06. The highest BCUT2D eigenvalue weighted by Crippen LogP contribution is 2.24. The second kappa shape index (κ2) is 6.09. The largest absolute Gasteiger partial charge is 0.394 e. The van der Waals surface area contributed by atoms with Crippen LogP contribution in [0.2, 0.25) is 10.0 Å². The molecule has 0 saturated carbocycles. The van der Waals surface area contributed by atoms with Crippen LogP contribution in [0, 0.1) is 0 Å². The van der Waals surface area contributed by atoms with Gasteiger partial charge in [0.25, 0.3) is 5.91 Å². The summed E-state index contributed by atoms with van der Waals surface area (Å²) >= 11 is 11.9. The Kier molecular flexibility index (Phi) is 4.68. The molecule has 1 aliphatic rings. The molecule has 6 heteroatoms. The van der Waals surface area contributed by atoms with E-state index >= 15 is 0 Å². The van der Waals surface area contributed by atoms with E-state index in [1.807, 2.05) is 0 Å². The molecule has 1 aromatic rings. The number of benzene rings is 1.